The number of phenolic OH excluding ortho intramolecular Hbond substituents is 1. The highest BCUT2D eigenvalue weighted by Crippen LogP contribution is 2.18. The molecule has 0 fully saturated rings. The van der Waals surface area contributed by atoms with Gasteiger partial charge in [-0.25, -0.2) is 9.98 Å². The molecule has 1 amide bonds. The van der Waals surface area contributed by atoms with Crippen molar-refractivity contribution in [3.63, 3.8) is 0 Å². The van der Waals surface area contributed by atoms with Crippen molar-refractivity contribution in [3.8, 4) is 17.2 Å². The number of carbonyl (C=O) groups is 1. The number of guanidine groups is 1. The molecule has 3 rings (SSSR count). The summed E-state index contributed by atoms with van der Waals surface area (Å²) in [6.45, 7) is 3.87. The van der Waals surface area contributed by atoms with Crippen LogP contribution >= 0.6 is 0 Å². The van der Waals surface area contributed by atoms with Crippen LogP contribution in [0.1, 0.15) is 23.0 Å². The first-order valence-electron chi connectivity index (χ1n) is 9.75. The van der Waals surface area contributed by atoms with E-state index in [1.807, 2.05) is 37.3 Å². The van der Waals surface area contributed by atoms with Crippen LogP contribution in [-0.4, -0.2) is 41.6 Å². The van der Waals surface area contributed by atoms with Gasteiger partial charge in [-0.1, -0.05) is 30.3 Å². The first-order chi connectivity index (χ1) is 14.7. The van der Waals surface area contributed by atoms with Crippen LogP contribution in [0, 0.1) is 0 Å². The predicted octanol–water partition coefficient (Wildman–Crippen LogP) is 2.53. The molecule has 1 aromatic heterocycles. The van der Waals surface area contributed by atoms with Crippen LogP contribution in [0.5, 0.6) is 5.75 Å². The van der Waals surface area contributed by atoms with Crippen LogP contribution in [0.3, 0.4) is 0 Å². The maximum absolute atomic E-state index is 12.1. The molecule has 30 heavy (non-hydrogen) atoms. The lowest BCUT2D eigenvalue weighted by molar-refractivity contribution is 0.0951. The van der Waals surface area contributed by atoms with E-state index in [0.717, 1.165) is 11.3 Å². The molecule has 0 aliphatic rings. The highest BCUT2D eigenvalue weighted by Gasteiger charge is 2.09. The largest absolute Gasteiger partial charge is 0.507 e. The smallest absolute Gasteiger partial charge is 0.255 e. The zero-order valence-electron chi connectivity index (χ0n) is 16.8. The highest BCUT2D eigenvalue weighted by molar-refractivity contribution is 5.96. The Morgan fingerprint density at radius 2 is 1.77 bits per heavy atom. The third kappa shape index (κ3) is 5.84. The molecule has 3 aromatic rings. The number of oxazole rings is 1. The van der Waals surface area contributed by atoms with Crippen molar-refractivity contribution < 1.29 is 14.3 Å². The summed E-state index contributed by atoms with van der Waals surface area (Å²) in [7, 11) is 0. The van der Waals surface area contributed by atoms with E-state index in [4.69, 9.17) is 4.42 Å². The molecule has 2 aromatic carbocycles. The summed E-state index contributed by atoms with van der Waals surface area (Å²) in [6.07, 6.45) is 1.60. The van der Waals surface area contributed by atoms with Gasteiger partial charge in [0, 0.05) is 25.2 Å². The van der Waals surface area contributed by atoms with Gasteiger partial charge in [0.1, 0.15) is 17.7 Å². The average Bonchev–Trinajstić information content (AvgIpc) is 3.25. The molecule has 0 saturated carbocycles. The number of nitrogens with zero attached hydrogens (tertiary/aromatic N) is 2. The van der Waals surface area contributed by atoms with Crippen LogP contribution in [-0.2, 0) is 6.54 Å². The number of rotatable bonds is 8. The maximum atomic E-state index is 12.1. The van der Waals surface area contributed by atoms with Gasteiger partial charge in [-0.2, -0.15) is 0 Å². The van der Waals surface area contributed by atoms with E-state index in [-0.39, 0.29) is 17.2 Å². The van der Waals surface area contributed by atoms with E-state index in [2.05, 4.69) is 25.9 Å². The SMILES string of the molecule is CCNC(=NCc1coc(-c2ccccc2)n1)NCCNC(=O)c1ccccc1O. The number of aromatic nitrogens is 1. The van der Waals surface area contributed by atoms with E-state index in [9.17, 15) is 9.90 Å². The Kier molecular flexibility index (Phi) is 7.43. The first kappa shape index (κ1) is 20.9. The first-order valence-corrected chi connectivity index (χ1v) is 9.75. The molecular formula is C22H25N5O3. The van der Waals surface area contributed by atoms with Gasteiger partial charge in [-0.15, -0.1) is 0 Å². The Morgan fingerprint density at radius 3 is 2.53 bits per heavy atom. The zero-order valence-corrected chi connectivity index (χ0v) is 16.8. The molecule has 156 valence electrons. The van der Waals surface area contributed by atoms with Crippen LogP contribution < -0.4 is 16.0 Å². The molecule has 0 radical (unpaired) electrons. The highest BCUT2D eigenvalue weighted by atomic mass is 16.3. The summed E-state index contributed by atoms with van der Waals surface area (Å²) < 4.78 is 5.53. The number of nitrogens with one attached hydrogen (secondary N) is 3. The van der Waals surface area contributed by atoms with Crippen molar-refractivity contribution in [2.45, 2.75) is 13.5 Å². The lowest BCUT2D eigenvalue weighted by Gasteiger charge is -2.12. The Morgan fingerprint density at radius 1 is 1.03 bits per heavy atom. The van der Waals surface area contributed by atoms with E-state index < -0.39 is 0 Å². The second-order valence-electron chi connectivity index (χ2n) is 6.41. The fourth-order valence-electron chi connectivity index (χ4n) is 2.71. The van der Waals surface area contributed by atoms with Crippen molar-refractivity contribution >= 4 is 11.9 Å². The number of para-hydroxylation sites is 1. The Bertz CT molecular complexity index is 985. The number of hydrogen-bond acceptors (Lipinski definition) is 5. The molecule has 8 nitrogen and oxygen atoms in total. The maximum Gasteiger partial charge on any atom is 0.255 e. The van der Waals surface area contributed by atoms with Crippen molar-refractivity contribution in [1.29, 1.82) is 0 Å². The molecule has 0 saturated heterocycles. The fraction of sp³-hybridized carbons (Fsp3) is 0.227. The molecule has 8 heteroatoms. The Hall–Kier alpha value is -3.81. The minimum atomic E-state index is -0.326. The molecule has 0 bridgehead atoms. The molecule has 0 aliphatic heterocycles. The minimum Gasteiger partial charge on any atom is -0.507 e. The van der Waals surface area contributed by atoms with Gasteiger partial charge in [0.2, 0.25) is 5.89 Å². The summed E-state index contributed by atoms with van der Waals surface area (Å²) in [5.41, 5.74) is 1.88. The molecular weight excluding hydrogens is 382 g/mol. The van der Waals surface area contributed by atoms with Gasteiger partial charge in [0.05, 0.1) is 12.1 Å². The molecule has 0 atom stereocenters. The number of amides is 1. The summed E-state index contributed by atoms with van der Waals surface area (Å²) >= 11 is 0. The minimum absolute atomic E-state index is 0.0413. The number of aromatic hydroxyl groups is 1. The standard InChI is InChI=1S/C22H25N5O3/c1-2-23-22(25-13-12-24-20(29)18-10-6-7-11-19(18)28)26-14-17-15-30-21(27-17)16-8-4-3-5-9-16/h3-11,15,28H,2,12-14H2,1H3,(H,24,29)(H2,23,25,26). The van der Waals surface area contributed by atoms with Gasteiger partial charge >= 0.3 is 0 Å². The van der Waals surface area contributed by atoms with E-state index >= 15 is 0 Å². The monoisotopic (exact) mass is 407 g/mol. The summed E-state index contributed by atoms with van der Waals surface area (Å²) in [5.74, 6) is 0.803. The zero-order chi connectivity index (χ0) is 21.2. The predicted molar refractivity (Wildman–Crippen MR) is 115 cm³/mol. The van der Waals surface area contributed by atoms with Crippen LogP contribution in [0.2, 0.25) is 0 Å². The lowest BCUT2D eigenvalue weighted by atomic mass is 10.2. The number of benzene rings is 2. The van der Waals surface area contributed by atoms with Gasteiger partial charge in [-0.3, -0.25) is 4.79 Å². The topological polar surface area (TPSA) is 112 Å². The quantitative estimate of drug-likeness (QED) is 0.259. The lowest BCUT2D eigenvalue weighted by Crippen LogP contribution is -2.41. The van der Waals surface area contributed by atoms with Crippen molar-refractivity contribution in [3.05, 3.63) is 72.1 Å². The second-order valence-corrected chi connectivity index (χ2v) is 6.41. The van der Waals surface area contributed by atoms with Crippen molar-refractivity contribution in [1.82, 2.24) is 20.9 Å². The average molecular weight is 407 g/mol. The van der Waals surface area contributed by atoms with Crippen molar-refractivity contribution in [2.75, 3.05) is 19.6 Å². The van der Waals surface area contributed by atoms with Gasteiger partial charge < -0.3 is 25.5 Å². The second kappa shape index (κ2) is 10.7. The Balaban J connectivity index is 1.49. The molecule has 0 spiro atoms. The summed E-state index contributed by atoms with van der Waals surface area (Å²) in [5, 5.41) is 18.8. The van der Waals surface area contributed by atoms with Crippen molar-refractivity contribution in [2.24, 2.45) is 4.99 Å². The Labute approximate surface area is 175 Å². The van der Waals surface area contributed by atoms with Gasteiger partial charge in [-0.05, 0) is 31.2 Å². The number of carbonyl (C=O) groups excluding carboxylic acids is 1. The fourth-order valence-corrected chi connectivity index (χ4v) is 2.71. The van der Waals surface area contributed by atoms with Gasteiger partial charge in [0.15, 0.2) is 5.96 Å². The number of aliphatic imine (C=N–C) groups is 1. The molecule has 0 unspecified atom stereocenters. The normalized spacial score (nSPS) is 11.2. The van der Waals surface area contributed by atoms with Crippen LogP contribution in [0.4, 0.5) is 0 Å². The summed E-state index contributed by atoms with van der Waals surface area (Å²) in [6, 6.07) is 16.1. The summed E-state index contributed by atoms with van der Waals surface area (Å²) in [4.78, 5) is 21.1. The van der Waals surface area contributed by atoms with Gasteiger partial charge in [0.25, 0.3) is 5.91 Å². The molecule has 0 aliphatic carbocycles. The van der Waals surface area contributed by atoms with Crippen LogP contribution in [0.25, 0.3) is 11.5 Å². The van der Waals surface area contributed by atoms with E-state index in [1.165, 1.54) is 6.07 Å². The third-order valence-corrected chi connectivity index (χ3v) is 4.17. The van der Waals surface area contributed by atoms with E-state index in [0.29, 0.717) is 38.0 Å². The number of phenols is 1. The van der Waals surface area contributed by atoms with Crippen LogP contribution in [0.15, 0.2) is 70.3 Å². The van der Waals surface area contributed by atoms with E-state index in [1.54, 1.807) is 24.5 Å². The number of hydrogen-bond donors (Lipinski definition) is 4. The molecule has 4 N–H and O–H groups in total. The third-order valence-electron chi connectivity index (χ3n) is 4.17. The molecule has 1 heterocycles.